The highest BCUT2D eigenvalue weighted by Crippen LogP contribution is 2.44. The molecule has 4 nitrogen and oxygen atoms in total. The Kier molecular flexibility index (Phi) is 4.51. The molecule has 0 saturated heterocycles. The smallest absolute Gasteiger partial charge is 0.237 e. The van der Waals surface area contributed by atoms with Gasteiger partial charge in [-0.2, -0.15) is 0 Å². The van der Waals surface area contributed by atoms with Gasteiger partial charge in [0.25, 0.3) is 0 Å². The molecule has 5 rings (SSSR count). The van der Waals surface area contributed by atoms with Crippen molar-refractivity contribution in [1.29, 1.82) is 0 Å². The van der Waals surface area contributed by atoms with Crippen molar-refractivity contribution in [2.45, 2.75) is 32.7 Å². The lowest BCUT2D eigenvalue weighted by Crippen LogP contribution is -2.35. The van der Waals surface area contributed by atoms with Crippen LogP contribution in [0.2, 0.25) is 0 Å². The van der Waals surface area contributed by atoms with Crippen LogP contribution in [0.1, 0.15) is 41.9 Å². The van der Waals surface area contributed by atoms with Crippen LogP contribution in [-0.2, 0) is 16.8 Å². The first kappa shape index (κ1) is 19.3. The predicted molar refractivity (Wildman–Crippen MR) is 127 cm³/mol. The zero-order valence-corrected chi connectivity index (χ0v) is 18.0. The molecule has 3 aromatic carbocycles. The van der Waals surface area contributed by atoms with Crippen molar-refractivity contribution in [3.05, 3.63) is 94.8 Å². The van der Waals surface area contributed by atoms with Gasteiger partial charge in [-0.05, 0) is 55.7 Å². The zero-order valence-electron chi connectivity index (χ0n) is 18.0. The fourth-order valence-electron chi connectivity index (χ4n) is 4.20. The van der Waals surface area contributed by atoms with Crippen LogP contribution in [-0.4, -0.2) is 15.9 Å². The normalized spacial score (nSPS) is 15.2. The van der Waals surface area contributed by atoms with Gasteiger partial charge in [-0.1, -0.05) is 66.2 Å². The number of carbonyl (C=O) groups is 1. The van der Waals surface area contributed by atoms with Crippen molar-refractivity contribution in [1.82, 2.24) is 9.97 Å². The van der Waals surface area contributed by atoms with Gasteiger partial charge in [0.1, 0.15) is 5.82 Å². The maximum atomic E-state index is 13.3. The van der Waals surface area contributed by atoms with E-state index in [1.54, 1.807) is 0 Å². The van der Waals surface area contributed by atoms with Gasteiger partial charge in [0.15, 0.2) is 0 Å². The van der Waals surface area contributed by atoms with Crippen molar-refractivity contribution in [3.63, 3.8) is 0 Å². The Balaban J connectivity index is 1.52. The summed E-state index contributed by atoms with van der Waals surface area (Å²) in [6.07, 6.45) is 4.03. The SMILES string of the molecule is Cc1ccc(CN2C(=O)C(C)(C)c3cc4[nH]c(C=Cc5ccccc5)nc4cc32)cc1. The Hall–Kier alpha value is -3.66. The largest absolute Gasteiger partial charge is 0.338 e. The molecule has 0 bridgehead atoms. The van der Waals surface area contributed by atoms with E-state index in [-0.39, 0.29) is 5.91 Å². The summed E-state index contributed by atoms with van der Waals surface area (Å²) in [6, 6.07) is 22.7. The Morgan fingerprint density at radius 2 is 1.74 bits per heavy atom. The maximum Gasteiger partial charge on any atom is 0.237 e. The molecule has 2 heterocycles. The van der Waals surface area contributed by atoms with Crippen molar-refractivity contribution in [3.8, 4) is 0 Å². The third-order valence-corrected chi connectivity index (χ3v) is 6.06. The summed E-state index contributed by atoms with van der Waals surface area (Å²) in [5, 5.41) is 0. The Morgan fingerprint density at radius 3 is 2.48 bits per heavy atom. The van der Waals surface area contributed by atoms with Crippen LogP contribution >= 0.6 is 0 Å². The standard InChI is InChI=1S/C27H25N3O/c1-18-9-11-20(12-10-18)17-30-24-16-23-22(15-21(24)27(2,3)26(30)31)28-25(29-23)14-13-19-7-5-4-6-8-19/h4-16H,17H2,1-3H3,(H,28,29). The van der Waals surface area contributed by atoms with E-state index < -0.39 is 5.41 Å². The summed E-state index contributed by atoms with van der Waals surface area (Å²) in [5.41, 5.74) is 6.70. The minimum absolute atomic E-state index is 0.125. The average molecular weight is 408 g/mol. The number of anilines is 1. The highest BCUT2D eigenvalue weighted by atomic mass is 16.2. The van der Waals surface area contributed by atoms with Crippen LogP contribution in [0.5, 0.6) is 0 Å². The number of amides is 1. The quantitative estimate of drug-likeness (QED) is 0.460. The number of hydrogen-bond acceptors (Lipinski definition) is 2. The summed E-state index contributed by atoms with van der Waals surface area (Å²) in [7, 11) is 0. The van der Waals surface area contributed by atoms with Crippen molar-refractivity contribution in [2.24, 2.45) is 0 Å². The Bertz CT molecular complexity index is 1300. The van der Waals surface area contributed by atoms with Crippen LogP contribution in [0.3, 0.4) is 0 Å². The molecule has 0 unspecified atom stereocenters. The first-order valence-electron chi connectivity index (χ1n) is 10.6. The van der Waals surface area contributed by atoms with Gasteiger partial charge in [-0.3, -0.25) is 4.79 Å². The van der Waals surface area contributed by atoms with Gasteiger partial charge in [-0.25, -0.2) is 4.98 Å². The second-order valence-electron chi connectivity index (χ2n) is 8.75. The molecule has 0 spiro atoms. The summed E-state index contributed by atoms with van der Waals surface area (Å²) >= 11 is 0. The highest BCUT2D eigenvalue weighted by molar-refractivity contribution is 6.09. The van der Waals surface area contributed by atoms with Crippen LogP contribution in [0.15, 0.2) is 66.7 Å². The maximum absolute atomic E-state index is 13.3. The topological polar surface area (TPSA) is 49.0 Å². The molecular formula is C27H25N3O. The second-order valence-corrected chi connectivity index (χ2v) is 8.75. The molecule has 1 aromatic heterocycles. The molecule has 0 atom stereocenters. The van der Waals surface area contributed by atoms with Gasteiger partial charge < -0.3 is 9.88 Å². The summed E-state index contributed by atoms with van der Waals surface area (Å²) in [4.78, 5) is 23.3. The third kappa shape index (κ3) is 3.44. The molecule has 1 amide bonds. The summed E-state index contributed by atoms with van der Waals surface area (Å²) in [5.74, 6) is 0.927. The summed E-state index contributed by atoms with van der Waals surface area (Å²) < 4.78 is 0. The number of rotatable bonds is 4. The molecule has 0 aliphatic carbocycles. The van der Waals surface area contributed by atoms with Gasteiger partial charge >= 0.3 is 0 Å². The highest BCUT2D eigenvalue weighted by Gasteiger charge is 2.44. The number of nitrogens with one attached hydrogen (secondary N) is 1. The average Bonchev–Trinajstić information content (AvgIpc) is 3.25. The third-order valence-electron chi connectivity index (χ3n) is 6.06. The van der Waals surface area contributed by atoms with Crippen LogP contribution in [0, 0.1) is 6.92 Å². The number of nitrogens with zero attached hydrogens (tertiary/aromatic N) is 2. The van der Waals surface area contributed by atoms with Crippen molar-refractivity contribution >= 4 is 34.8 Å². The van der Waals surface area contributed by atoms with Gasteiger partial charge in [0.2, 0.25) is 5.91 Å². The fourth-order valence-corrected chi connectivity index (χ4v) is 4.20. The summed E-state index contributed by atoms with van der Waals surface area (Å²) in [6.45, 7) is 6.64. The van der Waals surface area contributed by atoms with Gasteiger partial charge in [0, 0.05) is 0 Å². The van der Waals surface area contributed by atoms with Gasteiger partial charge in [-0.15, -0.1) is 0 Å². The number of aromatic nitrogens is 2. The molecule has 4 heteroatoms. The number of benzene rings is 3. The first-order chi connectivity index (χ1) is 14.9. The number of aryl methyl sites for hydroxylation is 1. The van der Waals surface area contributed by atoms with E-state index in [1.165, 1.54) is 5.56 Å². The fraction of sp³-hybridized carbons (Fsp3) is 0.185. The lowest BCUT2D eigenvalue weighted by atomic mass is 9.86. The van der Waals surface area contributed by atoms with Crippen molar-refractivity contribution < 1.29 is 4.79 Å². The molecule has 4 aromatic rings. The molecule has 154 valence electrons. The zero-order chi connectivity index (χ0) is 21.6. The monoisotopic (exact) mass is 407 g/mol. The van der Waals surface area contributed by atoms with E-state index in [9.17, 15) is 4.79 Å². The first-order valence-corrected chi connectivity index (χ1v) is 10.6. The molecule has 1 aliphatic heterocycles. The Morgan fingerprint density at radius 1 is 1.00 bits per heavy atom. The number of hydrogen-bond donors (Lipinski definition) is 1. The van der Waals surface area contributed by atoms with E-state index in [4.69, 9.17) is 4.98 Å². The molecular weight excluding hydrogens is 382 g/mol. The minimum Gasteiger partial charge on any atom is -0.338 e. The molecule has 1 N–H and O–H groups in total. The van der Waals surface area contributed by atoms with E-state index in [1.807, 2.05) is 55.2 Å². The number of imidazole rings is 1. The van der Waals surface area contributed by atoms with Crippen LogP contribution < -0.4 is 4.90 Å². The van der Waals surface area contributed by atoms with Crippen LogP contribution in [0.4, 0.5) is 5.69 Å². The number of aromatic amines is 1. The number of H-pyrrole nitrogens is 1. The Labute approximate surface area is 182 Å². The number of fused-ring (bicyclic) bond motifs is 2. The molecule has 0 saturated carbocycles. The minimum atomic E-state index is -0.570. The molecule has 1 aliphatic rings. The molecule has 31 heavy (non-hydrogen) atoms. The van der Waals surface area contributed by atoms with E-state index in [0.717, 1.165) is 39.2 Å². The molecule has 0 radical (unpaired) electrons. The van der Waals surface area contributed by atoms with E-state index in [2.05, 4.69) is 54.4 Å². The number of carbonyl (C=O) groups excluding carboxylic acids is 1. The van der Waals surface area contributed by atoms with E-state index >= 15 is 0 Å². The lowest BCUT2D eigenvalue weighted by Gasteiger charge is -2.20. The lowest BCUT2D eigenvalue weighted by molar-refractivity contribution is -0.122. The van der Waals surface area contributed by atoms with Crippen molar-refractivity contribution in [2.75, 3.05) is 4.90 Å². The second kappa shape index (κ2) is 7.24. The molecule has 0 fully saturated rings. The van der Waals surface area contributed by atoms with Crippen LogP contribution in [0.25, 0.3) is 23.2 Å². The van der Waals surface area contributed by atoms with Gasteiger partial charge in [0.05, 0.1) is 28.7 Å². The predicted octanol–water partition coefficient (Wildman–Crippen LogP) is 5.87. The van der Waals surface area contributed by atoms with E-state index in [0.29, 0.717) is 6.54 Å².